The van der Waals surface area contributed by atoms with Crippen LogP contribution in [-0.2, 0) is 14.3 Å². The fraction of sp³-hybridized carbons (Fsp3) is 0.176. The second-order valence-corrected chi connectivity index (χ2v) is 4.87. The molecule has 0 saturated carbocycles. The van der Waals surface area contributed by atoms with Gasteiger partial charge in [0.05, 0.1) is 0 Å². The van der Waals surface area contributed by atoms with Crippen molar-refractivity contribution in [2.75, 3.05) is 11.9 Å². The van der Waals surface area contributed by atoms with Crippen molar-refractivity contribution in [1.29, 1.82) is 0 Å². The number of carbonyl (C=O) groups is 2. The Labute approximate surface area is 137 Å². The highest BCUT2D eigenvalue weighted by atomic mass is 19.1. The van der Waals surface area contributed by atoms with E-state index in [-0.39, 0.29) is 5.75 Å². The number of hydrogen-bond donors (Lipinski definition) is 1. The van der Waals surface area contributed by atoms with E-state index in [4.69, 9.17) is 9.47 Å². The van der Waals surface area contributed by atoms with Gasteiger partial charge >= 0.3 is 5.97 Å². The first-order valence-corrected chi connectivity index (χ1v) is 7.08. The van der Waals surface area contributed by atoms with Crippen LogP contribution in [0.4, 0.5) is 14.5 Å². The van der Waals surface area contributed by atoms with E-state index < -0.39 is 36.2 Å². The molecule has 0 aliphatic rings. The molecule has 0 aliphatic carbocycles. The minimum absolute atomic E-state index is 0.176. The number of nitrogens with one attached hydrogen (secondary N) is 1. The zero-order valence-corrected chi connectivity index (χ0v) is 12.8. The number of esters is 1. The molecule has 2 rings (SSSR count). The van der Waals surface area contributed by atoms with Crippen molar-refractivity contribution in [3.63, 3.8) is 0 Å². The first kappa shape index (κ1) is 17.4. The van der Waals surface area contributed by atoms with Gasteiger partial charge in [0.2, 0.25) is 0 Å². The maximum absolute atomic E-state index is 13.0. The van der Waals surface area contributed by atoms with Crippen molar-refractivity contribution in [3.05, 3.63) is 60.2 Å². The lowest BCUT2D eigenvalue weighted by Crippen LogP contribution is -2.31. The molecular weight excluding hydrogens is 320 g/mol. The second kappa shape index (κ2) is 8.05. The van der Waals surface area contributed by atoms with E-state index in [1.54, 1.807) is 0 Å². The molecule has 0 aromatic heterocycles. The van der Waals surface area contributed by atoms with Gasteiger partial charge in [-0.1, -0.05) is 6.07 Å². The van der Waals surface area contributed by atoms with Crippen LogP contribution in [0.25, 0.3) is 0 Å². The molecule has 0 saturated heterocycles. The third-order valence-electron chi connectivity index (χ3n) is 2.94. The van der Waals surface area contributed by atoms with Gasteiger partial charge in [-0.15, -0.1) is 0 Å². The number of amides is 1. The molecule has 0 heterocycles. The minimum atomic E-state index is -1.07. The maximum atomic E-state index is 13.0. The van der Waals surface area contributed by atoms with Crippen molar-refractivity contribution in [1.82, 2.24) is 0 Å². The number of rotatable bonds is 6. The molecule has 0 aliphatic heterocycles. The number of benzene rings is 2. The molecule has 0 radical (unpaired) electrons. The quantitative estimate of drug-likeness (QED) is 0.825. The zero-order valence-electron chi connectivity index (χ0n) is 12.8. The monoisotopic (exact) mass is 335 g/mol. The van der Waals surface area contributed by atoms with E-state index >= 15 is 0 Å². The van der Waals surface area contributed by atoms with Gasteiger partial charge in [-0.05, 0) is 43.3 Å². The average Bonchev–Trinajstić information content (AvgIpc) is 2.55. The predicted octanol–water partition coefficient (Wildman–Crippen LogP) is 2.91. The van der Waals surface area contributed by atoms with E-state index in [0.717, 1.165) is 6.07 Å². The number of ether oxygens (including phenoxy) is 2. The fourth-order valence-corrected chi connectivity index (χ4v) is 1.76. The van der Waals surface area contributed by atoms with Gasteiger partial charge < -0.3 is 14.8 Å². The van der Waals surface area contributed by atoms with E-state index in [9.17, 15) is 18.4 Å². The van der Waals surface area contributed by atoms with Crippen molar-refractivity contribution < 1.29 is 27.8 Å². The standard InChI is InChI=1S/C17H15F2NO4/c1-11(17(22)20-14-7-5-12(18)6-8-14)24-16(21)10-23-15-4-2-3-13(19)9-15/h2-9,11H,10H2,1H3,(H,20,22)/t11-/m1/s1. The molecule has 126 valence electrons. The largest absolute Gasteiger partial charge is 0.482 e. The number of anilines is 1. The molecule has 0 unspecified atom stereocenters. The first-order valence-electron chi connectivity index (χ1n) is 7.08. The average molecular weight is 335 g/mol. The van der Waals surface area contributed by atoms with Crippen LogP contribution >= 0.6 is 0 Å². The van der Waals surface area contributed by atoms with Crippen LogP contribution in [0.2, 0.25) is 0 Å². The molecular formula is C17H15F2NO4. The summed E-state index contributed by atoms with van der Waals surface area (Å²) in [6, 6.07) is 10.4. The lowest BCUT2D eigenvalue weighted by molar-refractivity contribution is -0.155. The SMILES string of the molecule is C[C@@H](OC(=O)COc1cccc(F)c1)C(=O)Nc1ccc(F)cc1. The predicted molar refractivity (Wildman–Crippen MR) is 82.5 cm³/mol. The van der Waals surface area contributed by atoms with Crippen LogP contribution in [0, 0.1) is 11.6 Å². The smallest absolute Gasteiger partial charge is 0.344 e. The Bertz CT molecular complexity index is 719. The van der Waals surface area contributed by atoms with Crippen molar-refractivity contribution in [3.8, 4) is 5.75 Å². The molecule has 1 N–H and O–H groups in total. The summed E-state index contributed by atoms with van der Waals surface area (Å²) < 4.78 is 35.7. The Hall–Kier alpha value is -2.96. The minimum Gasteiger partial charge on any atom is -0.482 e. The van der Waals surface area contributed by atoms with Gasteiger partial charge in [-0.2, -0.15) is 0 Å². The molecule has 2 aromatic carbocycles. The van der Waals surface area contributed by atoms with Crippen LogP contribution < -0.4 is 10.1 Å². The van der Waals surface area contributed by atoms with Crippen LogP contribution in [0.5, 0.6) is 5.75 Å². The highest BCUT2D eigenvalue weighted by Gasteiger charge is 2.18. The Kier molecular flexibility index (Phi) is 5.83. The molecule has 2 aromatic rings. The fourth-order valence-electron chi connectivity index (χ4n) is 1.76. The molecule has 24 heavy (non-hydrogen) atoms. The summed E-state index contributed by atoms with van der Waals surface area (Å²) in [6.07, 6.45) is -1.07. The molecule has 0 spiro atoms. The number of halogens is 2. The van der Waals surface area contributed by atoms with Gasteiger partial charge in [0.1, 0.15) is 17.4 Å². The highest BCUT2D eigenvalue weighted by Crippen LogP contribution is 2.12. The summed E-state index contributed by atoms with van der Waals surface area (Å²) in [6.45, 7) is 0.927. The molecule has 0 bridgehead atoms. The van der Waals surface area contributed by atoms with Crippen molar-refractivity contribution >= 4 is 17.6 Å². The Morgan fingerprint density at radius 2 is 1.79 bits per heavy atom. The van der Waals surface area contributed by atoms with Crippen LogP contribution in [0.15, 0.2) is 48.5 Å². The van der Waals surface area contributed by atoms with E-state index in [2.05, 4.69) is 5.32 Å². The summed E-state index contributed by atoms with van der Waals surface area (Å²) in [5.41, 5.74) is 0.375. The van der Waals surface area contributed by atoms with E-state index in [1.165, 1.54) is 49.4 Å². The van der Waals surface area contributed by atoms with Crippen LogP contribution in [0.3, 0.4) is 0 Å². The molecule has 7 heteroatoms. The lowest BCUT2D eigenvalue weighted by atomic mass is 10.3. The molecule has 0 fully saturated rings. The second-order valence-electron chi connectivity index (χ2n) is 4.87. The van der Waals surface area contributed by atoms with Crippen LogP contribution in [0.1, 0.15) is 6.92 Å². The summed E-state index contributed by atoms with van der Waals surface area (Å²) in [5, 5.41) is 2.48. The van der Waals surface area contributed by atoms with E-state index in [0.29, 0.717) is 5.69 Å². The molecule has 5 nitrogen and oxygen atoms in total. The summed E-state index contributed by atoms with van der Waals surface area (Å²) >= 11 is 0. The Morgan fingerprint density at radius 1 is 1.08 bits per heavy atom. The topological polar surface area (TPSA) is 64.6 Å². The molecule has 1 atom stereocenters. The summed E-state index contributed by atoms with van der Waals surface area (Å²) in [4.78, 5) is 23.5. The van der Waals surface area contributed by atoms with Crippen molar-refractivity contribution in [2.24, 2.45) is 0 Å². The van der Waals surface area contributed by atoms with Gasteiger partial charge in [-0.3, -0.25) is 4.79 Å². The third kappa shape index (κ3) is 5.35. The van der Waals surface area contributed by atoms with Crippen LogP contribution in [-0.4, -0.2) is 24.6 Å². The highest BCUT2D eigenvalue weighted by molar-refractivity contribution is 5.95. The number of hydrogen-bond acceptors (Lipinski definition) is 4. The Morgan fingerprint density at radius 3 is 2.46 bits per heavy atom. The van der Waals surface area contributed by atoms with Gasteiger partial charge in [0.25, 0.3) is 5.91 Å². The zero-order chi connectivity index (χ0) is 17.5. The van der Waals surface area contributed by atoms with E-state index in [1.807, 2.05) is 0 Å². The first-order chi connectivity index (χ1) is 11.4. The lowest BCUT2D eigenvalue weighted by Gasteiger charge is -2.14. The molecule has 1 amide bonds. The maximum Gasteiger partial charge on any atom is 0.344 e. The Balaban J connectivity index is 1.80. The van der Waals surface area contributed by atoms with Crippen molar-refractivity contribution in [2.45, 2.75) is 13.0 Å². The summed E-state index contributed by atoms with van der Waals surface area (Å²) in [5.74, 6) is -2.09. The normalized spacial score (nSPS) is 11.5. The van der Waals surface area contributed by atoms with Gasteiger partial charge in [-0.25, -0.2) is 13.6 Å². The van der Waals surface area contributed by atoms with Gasteiger partial charge in [0.15, 0.2) is 12.7 Å². The third-order valence-corrected chi connectivity index (χ3v) is 2.94. The van der Waals surface area contributed by atoms with Gasteiger partial charge in [0, 0.05) is 11.8 Å². The summed E-state index contributed by atoms with van der Waals surface area (Å²) in [7, 11) is 0. The number of carbonyl (C=O) groups excluding carboxylic acids is 2.